The molecule has 158 valence electrons. The Morgan fingerprint density at radius 3 is 2.38 bits per heavy atom. The third-order valence-electron chi connectivity index (χ3n) is 6.28. The third kappa shape index (κ3) is 3.91. The molecule has 2 aliphatic heterocycles. The van der Waals surface area contributed by atoms with Crippen LogP contribution in [-0.4, -0.2) is 79.0 Å². The number of hydrogen-bond donors (Lipinski definition) is 1. The largest absolute Gasteiger partial charge is 0.492 e. The highest BCUT2D eigenvalue weighted by molar-refractivity contribution is 5.84. The van der Waals surface area contributed by atoms with Crippen molar-refractivity contribution in [2.75, 3.05) is 64.1 Å². The molecule has 2 saturated heterocycles. The Kier molecular flexibility index (Phi) is 5.65. The summed E-state index contributed by atoms with van der Waals surface area (Å²) < 4.78 is 22.5. The second-order valence-corrected chi connectivity index (χ2v) is 8.17. The van der Waals surface area contributed by atoms with Gasteiger partial charge < -0.3 is 20.3 Å². The normalized spacial score (nSPS) is 19.7. The fourth-order valence-corrected chi connectivity index (χ4v) is 4.58. The number of likely N-dealkylation sites (N-methyl/N-ethyl adjacent to an activating group) is 1. The molecule has 0 radical (unpaired) electrons. The predicted octanol–water partition coefficient (Wildman–Crippen LogP) is 2.03. The average molecular weight is 403 g/mol. The first kappa shape index (κ1) is 20.0. The van der Waals surface area contributed by atoms with Gasteiger partial charge in [-0.1, -0.05) is 0 Å². The van der Waals surface area contributed by atoms with Gasteiger partial charge in [0.2, 0.25) is 0 Å². The number of aromatic nitrogens is 2. The third-order valence-corrected chi connectivity index (χ3v) is 6.28. The Bertz CT molecular complexity index is 853. The van der Waals surface area contributed by atoms with Crippen molar-refractivity contribution in [2.24, 2.45) is 7.05 Å². The molecule has 29 heavy (non-hydrogen) atoms. The molecular formula is C21H31FN6O. The van der Waals surface area contributed by atoms with Crippen molar-refractivity contribution in [3.8, 4) is 16.9 Å². The molecule has 7 nitrogen and oxygen atoms in total. The second kappa shape index (κ2) is 8.20. The van der Waals surface area contributed by atoms with Crippen molar-refractivity contribution in [2.45, 2.75) is 18.9 Å². The smallest absolute Gasteiger partial charge is 0.191 e. The monoisotopic (exact) mass is 402 g/mol. The molecule has 0 aliphatic carbocycles. The number of methoxy groups -OCH3 is 1. The summed E-state index contributed by atoms with van der Waals surface area (Å²) in [6.45, 7) is 6.10. The summed E-state index contributed by atoms with van der Waals surface area (Å²) in [6, 6.07) is 2.38. The number of aryl methyl sites for hydroxylation is 1. The second-order valence-electron chi connectivity index (χ2n) is 8.17. The van der Waals surface area contributed by atoms with Crippen molar-refractivity contribution in [1.82, 2.24) is 19.6 Å². The molecule has 2 aromatic rings. The van der Waals surface area contributed by atoms with Gasteiger partial charge in [0.1, 0.15) is 0 Å². The number of halogens is 1. The first-order chi connectivity index (χ1) is 14.0. The number of hydrogen-bond acceptors (Lipinski definition) is 6. The zero-order valence-corrected chi connectivity index (χ0v) is 17.6. The average Bonchev–Trinajstić information content (AvgIpc) is 3.15. The maximum absolute atomic E-state index is 15.5. The van der Waals surface area contributed by atoms with Crippen LogP contribution in [0.15, 0.2) is 18.5 Å². The SMILES string of the molecule is COc1c(N)cc(-c2cnn(C)c2)c(N2CCC(N3CCN(C)CC3)CC2)c1F. The number of nitrogen functional groups attached to an aromatic ring is 1. The Morgan fingerprint density at radius 2 is 1.79 bits per heavy atom. The van der Waals surface area contributed by atoms with Crippen LogP contribution in [0.4, 0.5) is 15.8 Å². The van der Waals surface area contributed by atoms with Crippen molar-refractivity contribution in [3.05, 3.63) is 24.3 Å². The summed E-state index contributed by atoms with van der Waals surface area (Å²) in [6.07, 6.45) is 5.70. The van der Waals surface area contributed by atoms with Crippen LogP contribution in [0.25, 0.3) is 11.1 Å². The van der Waals surface area contributed by atoms with Gasteiger partial charge in [0.05, 0.1) is 24.7 Å². The Morgan fingerprint density at radius 1 is 1.10 bits per heavy atom. The number of ether oxygens (including phenoxy) is 1. The molecule has 0 unspecified atom stereocenters. The number of nitrogens with two attached hydrogens (primary N) is 1. The van der Waals surface area contributed by atoms with Gasteiger partial charge in [-0.15, -0.1) is 0 Å². The molecule has 4 rings (SSSR count). The van der Waals surface area contributed by atoms with Gasteiger partial charge in [0.15, 0.2) is 11.6 Å². The molecule has 1 aromatic heterocycles. The highest BCUT2D eigenvalue weighted by Gasteiger charge is 2.30. The van der Waals surface area contributed by atoms with Crippen molar-refractivity contribution < 1.29 is 9.13 Å². The van der Waals surface area contributed by atoms with Crippen LogP contribution in [0.3, 0.4) is 0 Å². The molecule has 3 heterocycles. The zero-order chi connectivity index (χ0) is 20.5. The first-order valence-corrected chi connectivity index (χ1v) is 10.3. The van der Waals surface area contributed by atoms with E-state index in [4.69, 9.17) is 10.5 Å². The van der Waals surface area contributed by atoms with E-state index in [1.54, 1.807) is 16.9 Å². The minimum absolute atomic E-state index is 0.119. The van der Waals surface area contributed by atoms with E-state index in [0.717, 1.165) is 63.2 Å². The topological polar surface area (TPSA) is 62.8 Å². The van der Waals surface area contributed by atoms with Gasteiger partial charge in [-0.25, -0.2) is 4.39 Å². The van der Waals surface area contributed by atoms with Crippen molar-refractivity contribution >= 4 is 11.4 Å². The molecule has 0 atom stereocenters. The maximum Gasteiger partial charge on any atom is 0.191 e. The van der Waals surface area contributed by atoms with Crippen LogP contribution >= 0.6 is 0 Å². The van der Waals surface area contributed by atoms with E-state index in [9.17, 15) is 0 Å². The summed E-state index contributed by atoms with van der Waals surface area (Å²) in [4.78, 5) is 7.12. The van der Waals surface area contributed by atoms with E-state index in [-0.39, 0.29) is 11.6 Å². The van der Waals surface area contributed by atoms with E-state index < -0.39 is 0 Å². The summed E-state index contributed by atoms with van der Waals surface area (Å²) in [5.74, 6) is -0.266. The Labute approximate surface area is 171 Å². The highest BCUT2D eigenvalue weighted by atomic mass is 19.1. The number of piperazine rings is 1. The maximum atomic E-state index is 15.5. The van der Waals surface area contributed by atoms with Gasteiger partial charge in [-0.3, -0.25) is 9.58 Å². The molecule has 2 fully saturated rings. The lowest BCUT2D eigenvalue weighted by molar-refractivity contribution is 0.0981. The van der Waals surface area contributed by atoms with E-state index >= 15 is 4.39 Å². The lowest BCUT2D eigenvalue weighted by Gasteiger charge is -2.43. The molecule has 0 spiro atoms. The summed E-state index contributed by atoms with van der Waals surface area (Å²) >= 11 is 0. The minimum atomic E-state index is -0.385. The van der Waals surface area contributed by atoms with Crippen LogP contribution in [0.1, 0.15) is 12.8 Å². The fourth-order valence-electron chi connectivity index (χ4n) is 4.58. The van der Waals surface area contributed by atoms with E-state index in [1.165, 1.54) is 7.11 Å². The molecule has 0 saturated carbocycles. The number of anilines is 2. The van der Waals surface area contributed by atoms with Crippen LogP contribution in [0.5, 0.6) is 5.75 Å². The molecule has 8 heteroatoms. The van der Waals surface area contributed by atoms with E-state index in [2.05, 4.69) is 26.8 Å². The van der Waals surface area contributed by atoms with Crippen LogP contribution in [0, 0.1) is 5.82 Å². The number of benzene rings is 1. The van der Waals surface area contributed by atoms with Crippen molar-refractivity contribution in [3.63, 3.8) is 0 Å². The summed E-state index contributed by atoms with van der Waals surface area (Å²) in [5.41, 5.74) is 8.59. The molecular weight excluding hydrogens is 371 g/mol. The standard InChI is InChI=1S/C21H31FN6O/c1-25-8-10-27(11-9-25)16-4-6-28(7-5-16)20-17(15-13-24-26(2)14-15)12-18(23)21(29-3)19(20)22/h12-14,16H,4-11,23H2,1-3H3. The first-order valence-electron chi connectivity index (χ1n) is 10.3. The minimum Gasteiger partial charge on any atom is -0.492 e. The number of rotatable bonds is 4. The van der Waals surface area contributed by atoms with Gasteiger partial charge in [-0.2, -0.15) is 5.10 Å². The Balaban J connectivity index is 1.59. The van der Waals surface area contributed by atoms with E-state index in [1.807, 2.05) is 13.2 Å². The fraction of sp³-hybridized carbons (Fsp3) is 0.571. The molecule has 2 N–H and O–H groups in total. The number of piperidine rings is 1. The summed E-state index contributed by atoms with van der Waals surface area (Å²) in [5, 5.41) is 4.25. The van der Waals surface area contributed by atoms with Gasteiger partial charge in [0.25, 0.3) is 0 Å². The van der Waals surface area contributed by atoms with E-state index in [0.29, 0.717) is 17.4 Å². The summed E-state index contributed by atoms with van der Waals surface area (Å²) in [7, 11) is 5.49. The van der Waals surface area contributed by atoms with Gasteiger partial charge in [0, 0.05) is 69.7 Å². The lowest BCUT2D eigenvalue weighted by atomic mass is 9.98. The predicted molar refractivity (Wildman–Crippen MR) is 114 cm³/mol. The molecule has 1 aromatic carbocycles. The molecule has 0 amide bonds. The molecule has 2 aliphatic rings. The number of nitrogens with zero attached hydrogens (tertiary/aromatic N) is 5. The lowest BCUT2D eigenvalue weighted by Crippen LogP contribution is -2.52. The van der Waals surface area contributed by atoms with Crippen LogP contribution in [-0.2, 0) is 7.05 Å². The molecule has 0 bridgehead atoms. The quantitative estimate of drug-likeness (QED) is 0.790. The van der Waals surface area contributed by atoms with Crippen molar-refractivity contribution in [1.29, 1.82) is 0 Å². The van der Waals surface area contributed by atoms with Crippen LogP contribution in [0.2, 0.25) is 0 Å². The van der Waals surface area contributed by atoms with Gasteiger partial charge >= 0.3 is 0 Å². The van der Waals surface area contributed by atoms with Crippen LogP contribution < -0.4 is 15.4 Å². The Hall–Kier alpha value is -2.32. The highest BCUT2D eigenvalue weighted by Crippen LogP contribution is 2.42. The zero-order valence-electron chi connectivity index (χ0n) is 17.6. The van der Waals surface area contributed by atoms with Gasteiger partial charge in [-0.05, 0) is 26.0 Å².